The summed E-state index contributed by atoms with van der Waals surface area (Å²) in [6.07, 6.45) is 8.13. The van der Waals surface area contributed by atoms with Crippen molar-refractivity contribution in [1.82, 2.24) is 29.9 Å². The van der Waals surface area contributed by atoms with Crippen LogP contribution in [0.25, 0.3) is 0 Å². The van der Waals surface area contributed by atoms with Crippen molar-refractivity contribution in [1.29, 1.82) is 0 Å². The normalized spacial score (nSPS) is 15.2. The van der Waals surface area contributed by atoms with Crippen LogP contribution in [-0.2, 0) is 18.4 Å². The Morgan fingerprint density at radius 3 is 2.81 bits per heavy atom. The van der Waals surface area contributed by atoms with E-state index >= 15 is 0 Å². The first kappa shape index (κ1) is 18.1. The first-order valence-electron chi connectivity index (χ1n) is 8.99. The van der Waals surface area contributed by atoms with Gasteiger partial charge in [-0.3, -0.25) is 14.3 Å². The van der Waals surface area contributed by atoms with Gasteiger partial charge in [-0.15, -0.1) is 0 Å². The Bertz CT molecular complexity index is 764. The van der Waals surface area contributed by atoms with Gasteiger partial charge in [0.15, 0.2) is 0 Å². The van der Waals surface area contributed by atoms with E-state index in [-0.39, 0.29) is 11.5 Å². The molecule has 0 spiro atoms. The maximum Gasteiger partial charge on any atom is 0.268 e. The van der Waals surface area contributed by atoms with Crippen LogP contribution in [0.1, 0.15) is 25.7 Å². The van der Waals surface area contributed by atoms with Gasteiger partial charge in [-0.2, -0.15) is 10.2 Å². The smallest absolute Gasteiger partial charge is 0.268 e. The van der Waals surface area contributed by atoms with E-state index in [1.54, 1.807) is 30.3 Å². The molecule has 0 unspecified atom stereocenters. The highest BCUT2D eigenvalue weighted by molar-refractivity contribution is 5.75. The summed E-state index contributed by atoms with van der Waals surface area (Å²) in [7, 11) is 1.65. The van der Waals surface area contributed by atoms with Gasteiger partial charge in [0.1, 0.15) is 12.7 Å². The molecule has 1 aliphatic heterocycles. The van der Waals surface area contributed by atoms with E-state index in [2.05, 4.69) is 25.4 Å². The minimum Gasteiger partial charge on any atom is -0.370 e. The number of rotatable bonds is 7. The molecule has 9 nitrogen and oxygen atoms in total. The molecule has 2 aromatic rings. The third-order valence-electron chi connectivity index (χ3n) is 4.78. The molecule has 0 aliphatic carbocycles. The third kappa shape index (κ3) is 4.90. The molecule has 1 fully saturated rings. The van der Waals surface area contributed by atoms with Crippen molar-refractivity contribution in [3.63, 3.8) is 0 Å². The molecule has 2 aromatic heterocycles. The molecule has 1 amide bonds. The van der Waals surface area contributed by atoms with Crippen molar-refractivity contribution < 1.29 is 4.79 Å². The summed E-state index contributed by atoms with van der Waals surface area (Å²) < 4.78 is 3.06. The summed E-state index contributed by atoms with van der Waals surface area (Å²) in [4.78, 5) is 29.7. The topological polar surface area (TPSA) is 97.9 Å². The molecular formula is C17H25N7O2. The van der Waals surface area contributed by atoms with Crippen LogP contribution in [0.15, 0.2) is 29.7 Å². The van der Waals surface area contributed by atoms with Gasteiger partial charge in [0.25, 0.3) is 5.56 Å². The molecule has 0 radical (unpaired) electrons. The summed E-state index contributed by atoms with van der Waals surface area (Å²) >= 11 is 0. The van der Waals surface area contributed by atoms with Crippen molar-refractivity contribution in [3.8, 4) is 0 Å². The highest BCUT2D eigenvalue weighted by Gasteiger charge is 2.20. The maximum absolute atomic E-state index is 12.0. The van der Waals surface area contributed by atoms with Crippen molar-refractivity contribution in [2.24, 2.45) is 13.0 Å². The standard InChI is InChI=1S/C17H25N7O2/c1-22-17(26)9-15(11-20-22)23-7-4-14(5-8-23)10-19-16(25)3-2-6-24-13-18-12-21-24/h9,11-14H,2-8,10H2,1H3,(H,19,25). The lowest BCUT2D eigenvalue weighted by molar-refractivity contribution is -0.121. The van der Waals surface area contributed by atoms with Gasteiger partial charge in [0.2, 0.25) is 5.91 Å². The van der Waals surface area contributed by atoms with Gasteiger partial charge in [0.05, 0.1) is 11.9 Å². The number of carbonyl (C=O) groups is 1. The van der Waals surface area contributed by atoms with Gasteiger partial charge in [-0.1, -0.05) is 0 Å². The Balaban J connectivity index is 1.35. The number of amides is 1. The van der Waals surface area contributed by atoms with Crippen LogP contribution in [0.2, 0.25) is 0 Å². The van der Waals surface area contributed by atoms with Gasteiger partial charge in [0, 0.05) is 45.7 Å². The second kappa shape index (κ2) is 8.59. The van der Waals surface area contributed by atoms with Gasteiger partial charge in [-0.05, 0) is 25.2 Å². The van der Waals surface area contributed by atoms with E-state index in [9.17, 15) is 9.59 Å². The number of nitrogens with zero attached hydrogens (tertiary/aromatic N) is 6. The summed E-state index contributed by atoms with van der Waals surface area (Å²) in [6, 6.07) is 1.63. The fraction of sp³-hybridized carbons (Fsp3) is 0.588. The van der Waals surface area contributed by atoms with Crippen LogP contribution in [0.5, 0.6) is 0 Å². The second-order valence-corrected chi connectivity index (χ2v) is 6.67. The Labute approximate surface area is 152 Å². The number of aromatic nitrogens is 5. The maximum atomic E-state index is 12.0. The molecule has 1 aliphatic rings. The van der Waals surface area contributed by atoms with Crippen LogP contribution in [0, 0.1) is 5.92 Å². The van der Waals surface area contributed by atoms with E-state index in [4.69, 9.17) is 0 Å². The molecule has 3 rings (SSSR count). The van der Waals surface area contributed by atoms with Gasteiger partial charge in [-0.25, -0.2) is 9.67 Å². The van der Waals surface area contributed by atoms with Gasteiger partial charge >= 0.3 is 0 Å². The number of hydrogen-bond acceptors (Lipinski definition) is 6. The van der Waals surface area contributed by atoms with Crippen molar-refractivity contribution in [2.75, 3.05) is 24.5 Å². The monoisotopic (exact) mass is 359 g/mol. The quantitative estimate of drug-likeness (QED) is 0.758. The zero-order valence-electron chi connectivity index (χ0n) is 15.0. The summed E-state index contributed by atoms with van der Waals surface area (Å²) in [5.74, 6) is 0.563. The van der Waals surface area contributed by atoms with Crippen molar-refractivity contribution >= 4 is 11.6 Å². The molecule has 3 heterocycles. The first-order chi connectivity index (χ1) is 12.6. The zero-order chi connectivity index (χ0) is 18.4. The number of hydrogen-bond donors (Lipinski definition) is 1. The molecule has 9 heteroatoms. The van der Waals surface area contributed by atoms with E-state index in [1.165, 1.54) is 11.0 Å². The van der Waals surface area contributed by atoms with Crippen LogP contribution in [-0.4, -0.2) is 50.1 Å². The average Bonchev–Trinajstić information content (AvgIpc) is 3.16. The lowest BCUT2D eigenvalue weighted by Crippen LogP contribution is -2.39. The third-order valence-corrected chi connectivity index (χ3v) is 4.78. The first-order valence-corrected chi connectivity index (χ1v) is 8.99. The Hall–Kier alpha value is -2.71. The predicted molar refractivity (Wildman–Crippen MR) is 96.7 cm³/mol. The zero-order valence-corrected chi connectivity index (χ0v) is 15.0. The number of aryl methyl sites for hydroxylation is 2. The highest BCUT2D eigenvalue weighted by Crippen LogP contribution is 2.21. The largest absolute Gasteiger partial charge is 0.370 e. The molecule has 1 N–H and O–H groups in total. The molecule has 1 saturated heterocycles. The van der Waals surface area contributed by atoms with E-state index in [1.807, 2.05) is 0 Å². The molecule has 26 heavy (non-hydrogen) atoms. The molecule has 0 bridgehead atoms. The lowest BCUT2D eigenvalue weighted by atomic mass is 9.96. The van der Waals surface area contributed by atoms with Crippen LogP contribution in [0.3, 0.4) is 0 Å². The van der Waals surface area contributed by atoms with Gasteiger partial charge < -0.3 is 10.2 Å². The minimum atomic E-state index is -0.0946. The van der Waals surface area contributed by atoms with Crippen molar-refractivity contribution in [2.45, 2.75) is 32.2 Å². The molecular weight excluding hydrogens is 334 g/mol. The number of carbonyl (C=O) groups excluding carboxylic acids is 1. The summed E-state index contributed by atoms with van der Waals surface area (Å²) in [6.45, 7) is 3.17. The van der Waals surface area contributed by atoms with Crippen molar-refractivity contribution in [3.05, 3.63) is 35.3 Å². The second-order valence-electron chi connectivity index (χ2n) is 6.67. The van der Waals surface area contributed by atoms with Crippen LogP contribution >= 0.6 is 0 Å². The SMILES string of the molecule is Cn1ncc(N2CCC(CNC(=O)CCCn3cncn3)CC2)cc1=O. The number of piperidine rings is 1. The predicted octanol–water partition coefficient (Wildman–Crippen LogP) is 0.185. The Morgan fingerprint density at radius 1 is 1.31 bits per heavy atom. The van der Waals surface area contributed by atoms with E-state index < -0.39 is 0 Å². The fourth-order valence-corrected chi connectivity index (χ4v) is 3.12. The number of nitrogens with one attached hydrogen (secondary N) is 1. The lowest BCUT2D eigenvalue weighted by Gasteiger charge is -2.33. The average molecular weight is 359 g/mol. The highest BCUT2D eigenvalue weighted by atomic mass is 16.1. The number of anilines is 1. The summed E-state index contributed by atoms with van der Waals surface area (Å²) in [5, 5.41) is 11.1. The fourth-order valence-electron chi connectivity index (χ4n) is 3.12. The minimum absolute atomic E-state index is 0.0864. The summed E-state index contributed by atoms with van der Waals surface area (Å²) in [5.41, 5.74) is 0.784. The molecule has 140 valence electrons. The Kier molecular flexibility index (Phi) is 5.98. The van der Waals surface area contributed by atoms with Crippen LogP contribution < -0.4 is 15.8 Å². The van der Waals surface area contributed by atoms with E-state index in [0.717, 1.165) is 38.0 Å². The van der Waals surface area contributed by atoms with Crippen LogP contribution in [0.4, 0.5) is 5.69 Å². The molecule has 0 atom stereocenters. The Morgan fingerprint density at radius 2 is 2.12 bits per heavy atom. The van der Waals surface area contributed by atoms with E-state index in [0.29, 0.717) is 25.4 Å². The molecule has 0 aromatic carbocycles. The molecule has 0 saturated carbocycles.